The molecule has 0 atom stereocenters. The van der Waals surface area contributed by atoms with Crippen molar-refractivity contribution in [2.45, 2.75) is 6.42 Å². The molecule has 8 nitrogen and oxygen atoms in total. The zero-order valence-corrected chi connectivity index (χ0v) is 15.2. The zero-order valence-electron chi connectivity index (χ0n) is 15.2. The molecule has 0 radical (unpaired) electrons. The van der Waals surface area contributed by atoms with Gasteiger partial charge < -0.3 is 20.3 Å². The van der Waals surface area contributed by atoms with Crippen molar-refractivity contribution in [2.75, 3.05) is 39.6 Å². The number of nitrogens with zero attached hydrogens (tertiary/aromatic N) is 3. The second kappa shape index (κ2) is 9.47. The summed E-state index contributed by atoms with van der Waals surface area (Å²) >= 11 is 0. The highest BCUT2D eigenvalue weighted by atomic mass is 16.5. The summed E-state index contributed by atoms with van der Waals surface area (Å²) in [5, 5.41) is 13.8. The molecule has 8 heteroatoms. The van der Waals surface area contributed by atoms with Crippen molar-refractivity contribution in [3.63, 3.8) is 0 Å². The first-order valence-electron chi connectivity index (χ1n) is 8.21. The molecule has 0 aliphatic carbocycles. The predicted octanol–water partition coefficient (Wildman–Crippen LogP) is 1.69. The summed E-state index contributed by atoms with van der Waals surface area (Å²) in [7, 11) is 5.31. The minimum absolute atomic E-state index is 0.245. The third-order valence-corrected chi connectivity index (χ3v) is 3.54. The number of hydrogen-bond donors (Lipinski definition) is 2. The van der Waals surface area contributed by atoms with Crippen LogP contribution in [0.2, 0.25) is 0 Å². The molecule has 0 aliphatic rings. The van der Waals surface area contributed by atoms with Gasteiger partial charge in [0.25, 0.3) is 5.91 Å². The van der Waals surface area contributed by atoms with E-state index in [9.17, 15) is 9.59 Å². The number of carbonyl (C=O) groups excluding carboxylic acids is 2. The van der Waals surface area contributed by atoms with Crippen LogP contribution in [0.15, 0.2) is 36.4 Å². The average molecular weight is 357 g/mol. The number of amides is 1. The van der Waals surface area contributed by atoms with Crippen molar-refractivity contribution in [3.05, 3.63) is 47.7 Å². The van der Waals surface area contributed by atoms with Gasteiger partial charge in [0.15, 0.2) is 11.5 Å². The Morgan fingerprint density at radius 3 is 2.38 bits per heavy atom. The van der Waals surface area contributed by atoms with Crippen LogP contribution in [0.3, 0.4) is 0 Å². The van der Waals surface area contributed by atoms with Gasteiger partial charge in [0.05, 0.1) is 12.7 Å². The van der Waals surface area contributed by atoms with Crippen LogP contribution in [0.1, 0.15) is 27.3 Å². The second-order valence-electron chi connectivity index (χ2n) is 5.91. The molecule has 0 saturated carbocycles. The van der Waals surface area contributed by atoms with E-state index in [0.717, 1.165) is 18.7 Å². The number of esters is 1. The lowest BCUT2D eigenvalue weighted by atomic mass is 10.2. The molecular formula is C18H23N5O3. The van der Waals surface area contributed by atoms with E-state index in [2.05, 4.69) is 30.5 Å². The number of methoxy groups -OCH3 is 1. The molecule has 2 aromatic rings. The van der Waals surface area contributed by atoms with Crippen LogP contribution in [-0.4, -0.2) is 61.3 Å². The second-order valence-corrected chi connectivity index (χ2v) is 5.91. The first-order valence-corrected chi connectivity index (χ1v) is 8.21. The van der Waals surface area contributed by atoms with Crippen molar-refractivity contribution in [2.24, 2.45) is 0 Å². The van der Waals surface area contributed by atoms with Crippen LogP contribution in [0, 0.1) is 0 Å². The number of nitrogens with one attached hydrogen (secondary N) is 2. The molecule has 1 heterocycles. The Kier molecular flexibility index (Phi) is 7.04. The van der Waals surface area contributed by atoms with Gasteiger partial charge in [0, 0.05) is 12.2 Å². The van der Waals surface area contributed by atoms with Crippen molar-refractivity contribution >= 4 is 23.4 Å². The Hall–Kier alpha value is -3.00. The van der Waals surface area contributed by atoms with Crippen molar-refractivity contribution < 1.29 is 14.3 Å². The van der Waals surface area contributed by atoms with Crippen molar-refractivity contribution in [1.29, 1.82) is 0 Å². The minimum Gasteiger partial charge on any atom is -0.465 e. The maximum atomic E-state index is 12.0. The van der Waals surface area contributed by atoms with Gasteiger partial charge in [-0.1, -0.05) is 0 Å². The molecule has 1 amide bonds. The Morgan fingerprint density at radius 2 is 1.81 bits per heavy atom. The fourth-order valence-electron chi connectivity index (χ4n) is 2.16. The summed E-state index contributed by atoms with van der Waals surface area (Å²) in [6.45, 7) is 1.49. The summed E-state index contributed by atoms with van der Waals surface area (Å²) in [4.78, 5) is 25.5. The summed E-state index contributed by atoms with van der Waals surface area (Å²) in [5.74, 6) is -0.137. The largest absolute Gasteiger partial charge is 0.465 e. The fourth-order valence-corrected chi connectivity index (χ4v) is 2.16. The lowest BCUT2D eigenvalue weighted by molar-refractivity contribution is 0.0600. The number of anilines is 2. The molecule has 138 valence electrons. The highest BCUT2D eigenvalue weighted by molar-refractivity contribution is 5.92. The van der Waals surface area contributed by atoms with Crippen LogP contribution in [0.25, 0.3) is 0 Å². The van der Waals surface area contributed by atoms with E-state index >= 15 is 0 Å². The standard InChI is InChI=1S/C18H23N5O3/c1-23(2)12-4-11-19-17(24)15-9-10-16(22-21-15)20-14-7-5-13(6-8-14)18(25)26-3/h5-10H,4,11-12H2,1-3H3,(H,19,24)(H,20,22). The molecule has 2 rings (SSSR count). The van der Waals surface area contributed by atoms with Gasteiger partial charge in [-0.3, -0.25) is 4.79 Å². The van der Waals surface area contributed by atoms with Gasteiger partial charge in [0.1, 0.15) is 0 Å². The molecule has 0 aliphatic heterocycles. The van der Waals surface area contributed by atoms with Crippen LogP contribution in [0.4, 0.5) is 11.5 Å². The number of rotatable bonds is 8. The van der Waals surface area contributed by atoms with E-state index in [0.29, 0.717) is 17.9 Å². The normalized spacial score (nSPS) is 10.5. The Balaban J connectivity index is 1.88. The van der Waals surface area contributed by atoms with E-state index in [4.69, 9.17) is 0 Å². The monoisotopic (exact) mass is 357 g/mol. The Bertz CT molecular complexity index is 729. The fraction of sp³-hybridized carbons (Fsp3) is 0.333. The maximum absolute atomic E-state index is 12.0. The quantitative estimate of drug-likeness (QED) is 0.548. The number of aromatic nitrogens is 2. The number of carbonyl (C=O) groups is 2. The minimum atomic E-state index is -0.391. The Morgan fingerprint density at radius 1 is 1.08 bits per heavy atom. The van der Waals surface area contributed by atoms with Gasteiger partial charge in [-0.05, 0) is 63.5 Å². The third-order valence-electron chi connectivity index (χ3n) is 3.54. The third kappa shape index (κ3) is 5.82. The molecular weight excluding hydrogens is 334 g/mol. The van der Waals surface area contributed by atoms with E-state index in [-0.39, 0.29) is 11.6 Å². The highest BCUT2D eigenvalue weighted by Gasteiger charge is 2.08. The van der Waals surface area contributed by atoms with Gasteiger partial charge in [-0.2, -0.15) is 0 Å². The van der Waals surface area contributed by atoms with Crippen LogP contribution < -0.4 is 10.6 Å². The molecule has 0 saturated heterocycles. The van der Waals surface area contributed by atoms with Gasteiger partial charge in [-0.25, -0.2) is 4.79 Å². The molecule has 0 unspecified atom stereocenters. The topological polar surface area (TPSA) is 96.4 Å². The van der Waals surface area contributed by atoms with Crippen molar-refractivity contribution in [3.8, 4) is 0 Å². The van der Waals surface area contributed by atoms with E-state index in [1.807, 2.05) is 14.1 Å². The number of benzene rings is 1. The Labute approximate surface area is 152 Å². The van der Waals surface area contributed by atoms with Crippen LogP contribution >= 0.6 is 0 Å². The first kappa shape index (κ1) is 19.3. The molecule has 1 aromatic heterocycles. The van der Waals surface area contributed by atoms with Gasteiger partial charge in [0.2, 0.25) is 0 Å². The lowest BCUT2D eigenvalue weighted by Gasteiger charge is -2.10. The summed E-state index contributed by atoms with van der Waals surface area (Å²) in [6.07, 6.45) is 0.868. The van der Waals surface area contributed by atoms with E-state index in [1.165, 1.54) is 7.11 Å². The number of hydrogen-bond acceptors (Lipinski definition) is 7. The molecule has 0 spiro atoms. The number of ether oxygens (including phenoxy) is 1. The van der Waals surface area contributed by atoms with E-state index < -0.39 is 5.97 Å². The summed E-state index contributed by atoms with van der Waals surface area (Å²) < 4.78 is 4.65. The molecule has 1 aromatic carbocycles. The van der Waals surface area contributed by atoms with Crippen LogP contribution in [0.5, 0.6) is 0 Å². The smallest absolute Gasteiger partial charge is 0.337 e. The lowest BCUT2D eigenvalue weighted by Crippen LogP contribution is -2.28. The van der Waals surface area contributed by atoms with Crippen molar-refractivity contribution in [1.82, 2.24) is 20.4 Å². The predicted molar refractivity (Wildman–Crippen MR) is 98.6 cm³/mol. The zero-order chi connectivity index (χ0) is 18.9. The SMILES string of the molecule is COC(=O)c1ccc(Nc2ccc(C(=O)NCCCN(C)C)nn2)cc1. The first-order chi connectivity index (χ1) is 12.5. The summed E-state index contributed by atoms with van der Waals surface area (Å²) in [6, 6.07) is 10.1. The summed E-state index contributed by atoms with van der Waals surface area (Å²) in [5.41, 5.74) is 1.47. The average Bonchev–Trinajstić information content (AvgIpc) is 2.65. The molecule has 26 heavy (non-hydrogen) atoms. The maximum Gasteiger partial charge on any atom is 0.337 e. The highest BCUT2D eigenvalue weighted by Crippen LogP contribution is 2.15. The van der Waals surface area contributed by atoms with Gasteiger partial charge >= 0.3 is 5.97 Å². The molecule has 0 fully saturated rings. The molecule has 2 N–H and O–H groups in total. The van der Waals surface area contributed by atoms with Gasteiger partial charge in [-0.15, -0.1) is 10.2 Å². The van der Waals surface area contributed by atoms with E-state index in [1.54, 1.807) is 36.4 Å². The molecule has 0 bridgehead atoms. The van der Waals surface area contributed by atoms with Crippen LogP contribution in [-0.2, 0) is 4.74 Å².